The maximum Gasteiger partial charge on any atom is 0.372 e. The first-order valence-corrected chi connectivity index (χ1v) is 1.74. The lowest BCUT2D eigenvalue weighted by Crippen LogP contribution is -2.09. The van der Waals surface area contributed by atoms with Crippen LogP contribution in [0.25, 0.3) is 0 Å². The fraction of sp³-hybridized carbons (Fsp3) is 0.250. The van der Waals surface area contributed by atoms with Crippen LogP contribution in [-0.4, -0.2) is 16.9 Å². The second kappa shape index (κ2) is 2.34. The van der Waals surface area contributed by atoms with E-state index in [4.69, 9.17) is 5.11 Å². The highest BCUT2D eigenvalue weighted by Crippen LogP contribution is 1.76. The number of Topliss-reactive ketones (excluding diaryl/α,β-unsaturated/α-hetero) is 1. The smallest absolute Gasteiger partial charge is 0.372 e. The Bertz CT molecular complexity index is 95.1. The van der Waals surface area contributed by atoms with Crippen molar-refractivity contribution < 1.29 is 14.7 Å². The highest BCUT2D eigenvalue weighted by atomic mass is 16.4. The number of rotatable bonds is 2. The molecule has 0 saturated carbocycles. The second-order valence-electron chi connectivity index (χ2n) is 0.978. The van der Waals surface area contributed by atoms with Crippen molar-refractivity contribution in [2.45, 2.75) is 6.42 Å². The van der Waals surface area contributed by atoms with Crippen LogP contribution >= 0.6 is 0 Å². The molecule has 0 spiro atoms. The van der Waals surface area contributed by atoms with Crippen LogP contribution in [0.4, 0.5) is 0 Å². The van der Waals surface area contributed by atoms with Crippen molar-refractivity contribution in [3.63, 3.8) is 0 Å². The van der Waals surface area contributed by atoms with Crippen molar-refractivity contribution in [3.05, 3.63) is 6.92 Å². The van der Waals surface area contributed by atoms with E-state index in [9.17, 15) is 9.59 Å². The maximum atomic E-state index is 9.85. The Kier molecular flexibility index (Phi) is 2.05. The SMILES string of the molecule is [CH2]CC(=O)C(=O)O. The number of hydrogen-bond acceptors (Lipinski definition) is 2. The van der Waals surface area contributed by atoms with Crippen molar-refractivity contribution in [1.29, 1.82) is 0 Å². The van der Waals surface area contributed by atoms with E-state index in [0.29, 0.717) is 0 Å². The summed E-state index contributed by atoms with van der Waals surface area (Å²) in [7, 11) is 0. The van der Waals surface area contributed by atoms with Crippen LogP contribution in [0.15, 0.2) is 0 Å². The molecule has 0 aliphatic heterocycles. The van der Waals surface area contributed by atoms with Crippen molar-refractivity contribution in [2.75, 3.05) is 0 Å². The van der Waals surface area contributed by atoms with Crippen molar-refractivity contribution in [3.8, 4) is 0 Å². The van der Waals surface area contributed by atoms with Crippen LogP contribution in [0.2, 0.25) is 0 Å². The van der Waals surface area contributed by atoms with Gasteiger partial charge in [-0.05, 0) is 6.92 Å². The van der Waals surface area contributed by atoms with Crippen LogP contribution in [0, 0.1) is 6.92 Å². The fourth-order valence-electron chi connectivity index (χ4n) is 0.107. The molecule has 3 nitrogen and oxygen atoms in total. The minimum absolute atomic E-state index is 0.171. The van der Waals surface area contributed by atoms with Gasteiger partial charge in [0.15, 0.2) is 0 Å². The Morgan fingerprint density at radius 2 is 2.00 bits per heavy atom. The van der Waals surface area contributed by atoms with Crippen LogP contribution in [0.1, 0.15) is 6.42 Å². The van der Waals surface area contributed by atoms with E-state index in [-0.39, 0.29) is 6.42 Å². The molecular formula is C4H5O3. The molecule has 0 aromatic rings. The number of carboxylic acids is 1. The molecular weight excluding hydrogens is 96.0 g/mol. The van der Waals surface area contributed by atoms with E-state index in [1.54, 1.807) is 0 Å². The molecule has 0 fully saturated rings. The van der Waals surface area contributed by atoms with E-state index in [1.165, 1.54) is 0 Å². The van der Waals surface area contributed by atoms with Crippen LogP contribution in [0.5, 0.6) is 0 Å². The number of carboxylic acid groups (broad SMARTS) is 1. The van der Waals surface area contributed by atoms with Crippen LogP contribution in [-0.2, 0) is 9.59 Å². The minimum atomic E-state index is -1.41. The Morgan fingerprint density at radius 1 is 1.57 bits per heavy atom. The first-order valence-electron chi connectivity index (χ1n) is 1.74. The zero-order valence-corrected chi connectivity index (χ0v) is 3.68. The Labute approximate surface area is 41.0 Å². The summed E-state index contributed by atoms with van der Waals surface area (Å²) in [5.41, 5.74) is 0. The summed E-state index contributed by atoms with van der Waals surface area (Å²) in [6.45, 7) is 3.08. The van der Waals surface area contributed by atoms with Gasteiger partial charge in [-0.25, -0.2) is 4.79 Å². The number of hydrogen-bond donors (Lipinski definition) is 1. The van der Waals surface area contributed by atoms with Crippen molar-refractivity contribution in [1.82, 2.24) is 0 Å². The van der Waals surface area contributed by atoms with Crippen molar-refractivity contribution >= 4 is 11.8 Å². The van der Waals surface area contributed by atoms with Gasteiger partial charge in [0.05, 0.1) is 0 Å². The predicted molar refractivity (Wildman–Crippen MR) is 22.6 cm³/mol. The van der Waals surface area contributed by atoms with E-state index in [2.05, 4.69) is 6.92 Å². The summed E-state index contributed by atoms with van der Waals surface area (Å²) in [4.78, 5) is 19.4. The van der Waals surface area contributed by atoms with E-state index in [1.807, 2.05) is 0 Å². The zero-order chi connectivity index (χ0) is 5.86. The highest BCUT2D eigenvalue weighted by Gasteiger charge is 2.05. The van der Waals surface area contributed by atoms with Gasteiger partial charge in [0.25, 0.3) is 0 Å². The molecule has 0 aliphatic rings. The van der Waals surface area contributed by atoms with Gasteiger partial charge in [0.1, 0.15) is 0 Å². The van der Waals surface area contributed by atoms with E-state index >= 15 is 0 Å². The average Bonchev–Trinajstić information content (AvgIpc) is 1.65. The third-order valence-corrected chi connectivity index (χ3v) is 0.466. The minimum Gasteiger partial charge on any atom is -0.476 e. The lowest BCUT2D eigenvalue weighted by Gasteiger charge is -1.80. The first kappa shape index (κ1) is 6.14. The van der Waals surface area contributed by atoms with Crippen LogP contribution < -0.4 is 0 Å². The van der Waals surface area contributed by atoms with Gasteiger partial charge < -0.3 is 5.11 Å². The molecule has 7 heavy (non-hydrogen) atoms. The average molecular weight is 101 g/mol. The van der Waals surface area contributed by atoms with Crippen LogP contribution in [0.3, 0.4) is 0 Å². The molecule has 0 rings (SSSR count). The van der Waals surface area contributed by atoms with Gasteiger partial charge in [-0.15, -0.1) is 0 Å². The molecule has 1 N–H and O–H groups in total. The van der Waals surface area contributed by atoms with E-state index in [0.717, 1.165) is 0 Å². The lowest BCUT2D eigenvalue weighted by atomic mass is 10.3. The summed E-state index contributed by atoms with van der Waals surface area (Å²) in [5.74, 6) is -2.25. The molecule has 39 valence electrons. The van der Waals surface area contributed by atoms with E-state index < -0.39 is 11.8 Å². The molecule has 0 amide bonds. The normalized spacial score (nSPS) is 8.14. The molecule has 0 saturated heterocycles. The second-order valence-corrected chi connectivity index (χ2v) is 0.978. The van der Waals surface area contributed by atoms with Gasteiger partial charge >= 0.3 is 5.97 Å². The van der Waals surface area contributed by atoms with Crippen molar-refractivity contribution in [2.24, 2.45) is 0 Å². The third-order valence-electron chi connectivity index (χ3n) is 0.466. The summed E-state index contributed by atoms with van der Waals surface area (Å²) in [6.07, 6.45) is -0.171. The Hall–Kier alpha value is -0.860. The summed E-state index contributed by atoms with van der Waals surface area (Å²) in [6, 6.07) is 0. The van der Waals surface area contributed by atoms with Gasteiger partial charge in [-0.3, -0.25) is 4.79 Å². The topological polar surface area (TPSA) is 54.4 Å². The predicted octanol–water partition coefficient (Wildman–Crippen LogP) is -0.136. The Morgan fingerprint density at radius 3 is 2.00 bits per heavy atom. The van der Waals surface area contributed by atoms with Gasteiger partial charge in [0, 0.05) is 6.42 Å². The largest absolute Gasteiger partial charge is 0.476 e. The molecule has 0 heterocycles. The Balaban J connectivity index is 3.58. The molecule has 0 bridgehead atoms. The fourth-order valence-corrected chi connectivity index (χ4v) is 0.107. The quantitative estimate of drug-likeness (QED) is 0.493. The monoisotopic (exact) mass is 101 g/mol. The maximum absolute atomic E-state index is 9.85. The highest BCUT2D eigenvalue weighted by molar-refractivity contribution is 6.32. The summed E-state index contributed by atoms with van der Waals surface area (Å²) in [5, 5.41) is 7.79. The number of aliphatic carboxylic acids is 1. The molecule has 0 aliphatic carbocycles. The molecule has 3 heteroatoms. The van der Waals surface area contributed by atoms with Gasteiger partial charge in [-0.2, -0.15) is 0 Å². The van der Waals surface area contributed by atoms with Gasteiger partial charge in [-0.1, -0.05) is 0 Å². The number of carbonyl (C=O) groups excluding carboxylic acids is 1. The standard InChI is InChI=1S/C4H5O3/c1-2-3(5)4(6)7/h1-2H2,(H,6,7). The van der Waals surface area contributed by atoms with Gasteiger partial charge in [0.2, 0.25) is 5.78 Å². The zero-order valence-electron chi connectivity index (χ0n) is 3.68. The summed E-state index contributed by atoms with van der Waals surface area (Å²) >= 11 is 0. The molecule has 0 aromatic heterocycles. The summed E-state index contributed by atoms with van der Waals surface area (Å²) < 4.78 is 0. The lowest BCUT2D eigenvalue weighted by molar-refractivity contribution is -0.148. The number of carbonyl (C=O) groups is 2. The molecule has 1 radical (unpaired) electrons. The number of ketones is 1. The molecule has 0 atom stereocenters. The first-order chi connectivity index (χ1) is 3.18. The third kappa shape index (κ3) is 1.92. The molecule has 0 unspecified atom stereocenters. The molecule has 0 aromatic carbocycles.